The van der Waals surface area contributed by atoms with E-state index < -0.39 is 17.1 Å². The van der Waals surface area contributed by atoms with Crippen LogP contribution in [0.2, 0.25) is 0 Å². The van der Waals surface area contributed by atoms with Crippen LogP contribution in [0.4, 0.5) is 5.69 Å². The fourth-order valence-electron chi connectivity index (χ4n) is 2.58. The third kappa shape index (κ3) is 4.66. The first kappa shape index (κ1) is 20.2. The molecule has 1 saturated heterocycles. The van der Waals surface area contributed by atoms with Crippen LogP contribution >= 0.6 is 11.8 Å². The van der Waals surface area contributed by atoms with E-state index in [1.807, 2.05) is 0 Å². The minimum absolute atomic E-state index is 0.0112. The molecular formula is C19H17N3O6S. The van der Waals surface area contributed by atoms with Crippen molar-refractivity contribution >= 4 is 40.7 Å². The van der Waals surface area contributed by atoms with Gasteiger partial charge in [-0.05, 0) is 48.0 Å². The summed E-state index contributed by atoms with van der Waals surface area (Å²) in [5.74, 6) is -1.22. The van der Waals surface area contributed by atoms with Crippen molar-refractivity contribution in [3.05, 3.63) is 48.0 Å². The van der Waals surface area contributed by atoms with Crippen LogP contribution in [0.5, 0.6) is 17.2 Å². The van der Waals surface area contributed by atoms with E-state index in [0.29, 0.717) is 11.3 Å². The maximum Gasteiger partial charge on any atom is 0.305 e. The molecule has 1 fully saturated rings. The number of carboxylic acid groups (broad SMARTS) is 1. The molecule has 0 saturated carbocycles. The molecule has 29 heavy (non-hydrogen) atoms. The van der Waals surface area contributed by atoms with Crippen LogP contribution in [0.1, 0.15) is 12.0 Å². The molecule has 10 heteroatoms. The first-order valence-electron chi connectivity index (χ1n) is 8.38. The molecule has 1 atom stereocenters. The van der Waals surface area contributed by atoms with Crippen LogP contribution in [-0.2, 0) is 9.59 Å². The Morgan fingerprint density at radius 1 is 1.24 bits per heavy atom. The Balaban J connectivity index is 1.89. The van der Waals surface area contributed by atoms with Crippen molar-refractivity contribution in [3.8, 4) is 17.2 Å². The number of amides is 1. The van der Waals surface area contributed by atoms with E-state index in [-0.39, 0.29) is 28.8 Å². The molecule has 2 aromatic carbocycles. The molecular weight excluding hydrogens is 398 g/mol. The highest BCUT2D eigenvalue weighted by Gasteiger charge is 2.40. The summed E-state index contributed by atoms with van der Waals surface area (Å²) in [6, 6.07) is 10.5. The normalized spacial score (nSPS) is 18.0. The second kappa shape index (κ2) is 8.65. The number of carbonyl (C=O) groups is 2. The van der Waals surface area contributed by atoms with Crippen molar-refractivity contribution in [1.29, 1.82) is 0 Å². The van der Waals surface area contributed by atoms with E-state index in [9.17, 15) is 19.8 Å². The lowest BCUT2D eigenvalue weighted by Gasteiger charge is -2.15. The molecule has 0 unspecified atom stereocenters. The van der Waals surface area contributed by atoms with E-state index in [0.717, 1.165) is 11.8 Å². The molecule has 0 aromatic heterocycles. The quantitative estimate of drug-likeness (QED) is 0.487. The Bertz CT molecular complexity index is 990. The smallest absolute Gasteiger partial charge is 0.305 e. The summed E-state index contributed by atoms with van der Waals surface area (Å²) in [7, 11) is 1.43. The van der Waals surface area contributed by atoms with Gasteiger partial charge < -0.3 is 20.1 Å². The number of hydrogen-bond acceptors (Lipinski definition) is 8. The van der Waals surface area contributed by atoms with Gasteiger partial charge in [0.2, 0.25) is 5.91 Å². The van der Waals surface area contributed by atoms with Gasteiger partial charge in [-0.15, -0.1) is 5.10 Å². The number of carboxylic acids is 1. The number of aliphatic carboxylic acids is 1. The predicted molar refractivity (Wildman–Crippen MR) is 109 cm³/mol. The number of methoxy groups -OCH3 is 1. The van der Waals surface area contributed by atoms with Gasteiger partial charge in [-0.2, -0.15) is 5.10 Å². The second-order valence-corrected chi connectivity index (χ2v) is 7.12. The molecule has 1 aliphatic heterocycles. The zero-order valence-corrected chi connectivity index (χ0v) is 16.0. The van der Waals surface area contributed by atoms with Crippen LogP contribution in [-0.4, -0.2) is 50.9 Å². The topological polar surface area (TPSA) is 132 Å². The molecule has 1 heterocycles. The number of thioether (sulfide) groups is 1. The Morgan fingerprint density at radius 3 is 2.62 bits per heavy atom. The van der Waals surface area contributed by atoms with Crippen LogP contribution < -0.4 is 9.64 Å². The predicted octanol–water partition coefficient (Wildman–Crippen LogP) is 2.42. The molecule has 0 bridgehead atoms. The van der Waals surface area contributed by atoms with Crippen LogP contribution in [0.15, 0.2) is 52.7 Å². The van der Waals surface area contributed by atoms with E-state index in [2.05, 4.69) is 10.2 Å². The Hall–Kier alpha value is -3.53. The van der Waals surface area contributed by atoms with E-state index in [4.69, 9.17) is 9.84 Å². The standard InChI is InChI=1S/C19H17N3O6S/c1-28-15-8-11(2-7-14(15)24)10-20-21-19-22(12-3-5-13(23)6-4-12)18(27)16(29-19)9-17(25)26/h2-8,10,16,23-24H,9H2,1H3,(H,25,26)/t16-/m0/s1. The van der Waals surface area contributed by atoms with E-state index in [1.54, 1.807) is 12.1 Å². The third-order valence-electron chi connectivity index (χ3n) is 3.96. The number of aromatic hydroxyl groups is 2. The average Bonchev–Trinajstić information content (AvgIpc) is 2.98. The largest absolute Gasteiger partial charge is 0.508 e. The van der Waals surface area contributed by atoms with Gasteiger partial charge in [0.25, 0.3) is 0 Å². The van der Waals surface area contributed by atoms with Crippen molar-refractivity contribution in [3.63, 3.8) is 0 Å². The van der Waals surface area contributed by atoms with Gasteiger partial charge in [0.1, 0.15) is 11.0 Å². The molecule has 3 N–H and O–H groups in total. The molecule has 0 aliphatic carbocycles. The van der Waals surface area contributed by atoms with Gasteiger partial charge in [-0.25, -0.2) is 0 Å². The number of rotatable bonds is 6. The zero-order valence-electron chi connectivity index (χ0n) is 15.2. The van der Waals surface area contributed by atoms with E-state index in [1.165, 1.54) is 48.6 Å². The molecule has 1 amide bonds. The number of hydrogen-bond donors (Lipinski definition) is 3. The molecule has 150 valence electrons. The van der Waals surface area contributed by atoms with E-state index >= 15 is 0 Å². The highest BCUT2D eigenvalue weighted by Crippen LogP contribution is 2.34. The number of phenolic OH excluding ortho intramolecular Hbond substituents is 2. The van der Waals surface area contributed by atoms with Crippen LogP contribution in [0, 0.1) is 0 Å². The van der Waals surface area contributed by atoms with Crippen molar-refractivity contribution in [2.45, 2.75) is 11.7 Å². The van der Waals surface area contributed by atoms with Gasteiger partial charge >= 0.3 is 5.97 Å². The number of benzene rings is 2. The summed E-state index contributed by atoms with van der Waals surface area (Å²) in [5, 5.41) is 35.6. The fraction of sp³-hybridized carbons (Fsp3) is 0.158. The number of nitrogens with zero attached hydrogens (tertiary/aromatic N) is 3. The third-order valence-corrected chi connectivity index (χ3v) is 5.08. The SMILES string of the molecule is COc1cc(C=NN=C2S[C@@H](CC(=O)O)C(=O)N2c2ccc(O)cc2)ccc1O. The monoisotopic (exact) mass is 415 g/mol. The van der Waals surface area contributed by atoms with Gasteiger partial charge in [-0.3, -0.25) is 14.5 Å². The molecule has 3 rings (SSSR count). The number of ether oxygens (including phenoxy) is 1. The van der Waals surface area contributed by atoms with Gasteiger partial charge in [0.05, 0.1) is 25.4 Å². The second-order valence-electron chi connectivity index (χ2n) is 5.95. The lowest BCUT2D eigenvalue weighted by molar-refractivity contribution is -0.138. The van der Waals surface area contributed by atoms with Crippen molar-refractivity contribution in [2.75, 3.05) is 12.0 Å². The van der Waals surface area contributed by atoms with Gasteiger partial charge in [0.15, 0.2) is 16.7 Å². The Kier molecular flexibility index (Phi) is 6.03. The lowest BCUT2D eigenvalue weighted by Crippen LogP contribution is -2.32. The van der Waals surface area contributed by atoms with Gasteiger partial charge in [0, 0.05) is 0 Å². The number of amidine groups is 1. The molecule has 9 nitrogen and oxygen atoms in total. The summed E-state index contributed by atoms with van der Waals surface area (Å²) < 4.78 is 5.03. The Labute approximate surface area is 170 Å². The maximum atomic E-state index is 12.7. The van der Waals surface area contributed by atoms with Crippen molar-refractivity contribution in [2.24, 2.45) is 10.2 Å². The maximum absolute atomic E-state index is 12.7. The first-order chi connectivity index (χ1) is 13.9. The number of carbonyl (C=O) groups excluding carboxylic acids is 1. The summed E-state index contributed by atoms with van der Waals surface area (Å²) in [4.78, 5) is 25.0. The van der Waals surface area contributed by atoms with Gasteiger partial charge in [-0.1, -0.05) is 11.8 Å². The first-order valence-corrected chi connectivity index (χ1v) is 9.26. The van der Waals surface area contributed by atoms with Crippen molar-refractivity contribution < 1.29 is 29.6 Å². The average molecular weight is 415 g/mol. The van der Waals surface area contributed by atoms with Crippen LogP contribution in [0.25, 0.3) is 0 Å². The summed E-state index contributed by atoms with van der Waals surface area (Å²) in [6.45, 7) is 0. The highest BCUT2D eigenvalue weighted by atomic mass is 32.2. The molecule has 0 radical (unpaired) electrons. The van der Waals surface area contributed by atoms with Crippen molar-refractivity contribution in [1.82, 2.24) is 0 Å². The zero-order chi connectivity index (χ0) is 21.0. The summed E-state index contributed by atoms with van der Waals surface area (Å²) >= 11 is 1.00. The number of phenols is 2. The number of anilines is 1. The Morgan fingerprint density at radius 2 is 1.97 bits per heavy atom. The lowest BCUT2D eigenvalue weighted by atomic mass is 10.2. The highest BCUT2D eigenvalue weighted by molar-refractivity contribution is 8.16. The fourth-order valence-corrected chi connectivity index (χ4v) is 3.66. The minimum atomic E-state index is -1.09. The summed E-state index contributed by atoms with van der Waals surface area (Å²) in [5.41, 5.74) is 1.05. The summed E-state index contributed by atoms with van der Waals surface area (Å²) in [6.07, 6.45) is 1.06. The molecule has 1 aliphatic rings. The minimum Gasteiger partial charge on any atom is -0.508 e. The van der Waals surface area contributed by atoms with Crippen LogP contribution in [0.3, 0.4) is 0 Å². The molecule has 2 aromatic rings. The molecule has 0 spiro atoms.